The van der Waals surface area contributed by atoms with Crippen LogP contribution in [0.15, 0.2) is 59.1 Å². The molecule has 0 spiro atoms. The SMILES string of the molecule is COc1ccc2cc(Br)ccc2c1CN1C(=O)[C@@H](NC(=O)[C@H](C)N(C)C(=O)O)CCc2ccccc21. The van der Waals surface area contributed by atoms with Gasteiger partial charge < -0.3 is 20.1 Å². The molecule has 0 aliphatic carbocycles. The Hall–Kier alpha value is -3.59. The lowest BCUT2D eigenvalue weighted by Crippen LogP contribution is -2.53. The number of hydrogen-bond donors (Lipinski definition) is 2. The topological polar surface area (TPSA) is 99.2 Å². The van der Waals surface area contributed by atoms with Gasteiger partial charge in [-0.1, -0.05) is 46.3 Å². The third-order valence-corrected chi connectivity index (χ3v) is 7.21. The first-order chi connectivity index (χ1) is 17.2. The summed E-state index contributed by atoms with van der Waals surface area (Å²) in [5, 5.41) is 14.0. The summed E-state index contributed by atoms with van der Waals surface area (Å²) in [4.78, 5) is 40.7. The Bertz CT molecular complexity index is 1330. The van der Waals surface area contributed by atoms with Crippen LogP contribution in [-0.4, -0.2) is 54.2 Å². The van der Waals surface area contributed by atoms with E-state index in [1.165, 1.54) is 14.0 Å². The van der Waals surface area contributed by atoms with E-state index in [-0.39, 0.29) is 12.5 Å². The first-order valence-corrected chi connectivity index (χ1v) is 12.4. The molecular weight excluding hydrogens is 526 g/mol. The normalized spacial score (nSPS) is 16.2. The van der Waals surface area contributed by atoms with Crippen molar-refractivity contribution in [1.29, 1.82) is 0 Å². The van der Waals surface area contributed by atoms with Gasteiger partial charge in [-0.25, -0.2) is 4.79 Å². The number of fused-ring (bicyclic) bond motifs is 2. The zero-order chi connectivity index (χ0) is 26.0. The lowest BCUT2D eigenvalue weighted by Gasteiger charge is -2.29. The predicted octanol–water partition coefficient (Wildman–Crippen LogP) is 4.57. The second kappa shape index (κ2) is 10.6. The molecule has 3 amide bonds. The lowest BCUT2D eigenvalue weighted by atomic mass is 10.0. The monoisotopic (exact) mass is 553 g/mol. The van der Waals surface area contributed by atoms with E-state index in [1.807, 2.05) is 54.6 Å². The van der Waals surface area contributed by atoms with Crippen molar-refractivity contribution in [3.05, 3.63) is 70.2 Å². The van der Waals surface area contributed by atoms with E-state index in [2.05, 4.69) is 21.2 Å². The van der Waals surface area contributed by atoms with E-state index in [0.29, 0.717) is 18.6 Å². The van der Waals surface area contributed by atoms with Gasteiger partial charge in [0.1, 0.15) is 17.8 Å². The molecule has 0 radical (unpaired) electrons. The number of benzene rings is 3. The molecule has 36 heavy (non-hydrogen) atoms. The van der Waals surface area contributed by atoms with Gasteiger partial charge in [0.05, 0.1) is 13.7 Å². The number of amides is 3. The summed E-state index contributed by atoms with van der Waals surface area (Å²) in [6.07, 6.45) is -0.221. The minimum absolute atomic E-state index is 0.245. The minimum Gasteiger partial charge on any atom is -0.496 e. The third-order valence-electron chi connectivity index (χ3n) is 6.71. The van der Waals surface area contributed by atoms with Crippen LogP contribution < -0.4 is 15.0 Å². The summed E-state index contributed by atoms with van der Waals surface area (Å²) in [6, 6.07) is 15.8. The molecule has 3 aromatic rings. The molecule has 1 aliphatic rings. The molecule has 1 heterocycles. The Morgan fingerprint density at radius 3 is 2.69 bits per heavy atom. The van der Waals surface area contributed by atoms with Crippen molar-refractivity contribution in [2.75, 3.05) is 19.1 Å². The molecule has 0 saturated heterocycles. The Morgan fingerprint density at radius 1 is 1.22 bits per heavy atom. The van der Waals surface area contributed by atoms with Crippen molar-refractivity contribution in [3.8, 4) is 5.75 Å². The summed E-state index contributed by atoms with van der Waals surface area (Å²) in [5.41, 5.74) is 2.64. The molecule has 1 aliphatic heterocycles. The number of para-hydroxylation sites is 1. The van der Waals surface area contributed by atoms with Crippen molar-refractivity contribution in [3.63, 3.8) is 0 Å². The third kappa shape index (κ3) is 5.02. The molecule has 4 rings (SSSR count). The Kier molecular flexibility index (Phi) is 7.49. The molecule has 188 valence electrons. The number of carbonyl (C=O) groups excluding carboxylic acids is 2. The van der Waals surface area contributed by atoms with E-state index in [4.69, 9.17) is 4.74 Å². The maximum Gasteiger partial charge on any atom is 0.407 e. The zero-order valence-electron chi connectivity index (χ0n) is 20.3. The molecule has 3 aromatic carbocycles. The molecule has 0 fully saturated rings. The van der Waals surface area contributed by atoms with Crippen LogP contribution in [0.3, 0.4) is 0 Å². The van der Waals surface area contributed by atoms with Gasteiger partial charge in [-0.3, -0.25) is 14.5 Å². The maximum absolute atomic E-state index is 13.9. The zero-order valence-corrected chi connectivity index (χ0v) is 21.9. The van der Waals surface area contributed by atoms with Crippen molar-refractivity contribution in [2.45, 2.75) is 38.4 Å². The number of halogens is 1. The molecule has 9 heteroatoms. The van der Waals surface area contributed by atoms with E-state index in [9.17, 15) is 19.5 Å². The van der Waals surface area contributed by atoms with Crippen LogP contribution in [-0.2, 0) is 22.6 Å². The van der Waals surface area contributed by atoms with E-state index >= 15 is 0 Å². The van der Waals surface area contributed by atoms with E-state index < -0.39 is 24.1 Å². The second-order valence-electron chi connectivity index (χ2n) is 8.83. The van der Waals surface area contributed by atoms with Crippen molar-refractivity contribution in [2.24, 2.45) is 0 Å². The Morgan fingerprint density at radius 2 is 1.97 bits per heavy atom. The van der Waals surface area contributed by atoms with Gasteiger partial charge in [-0.05, 0) is 60.4 Å². The van der Waals surface area contributed by atoms with Gasteiger partial charge in [0.25, 0.3) is 0 Å². The number of nitrogens with zero attached hydrogens (tertiary/aromatic N) is 2. The quantitative estimate of drug-likeness (QED) is 0.465. The van der Waals surface area contributed by atoms with E-state index in [0.717, 1.165) is 37.0 Å². The number of ether oxygens (including phenoxy) is 1. The molecule has 0 bridgehead atoms. The van der Waals surface area contributed by atoms with E-state index in [1.54, 1.807) is 12.0 Å². The maximum atomic E-state index is 13.9. The summed E-state index contributed by atoms with van der Waals surface area (Å²) in [5.74, 6) is -0.108. The van der Waals surface area contributed by atoms with Gasteiger partial charge in [0.2, 0.25) is 11.8 Å². The molecule has 0 aromatic heterocycles. The molecular formula is C27H28BrN3O5. The average molecular weight is 554 g/mol. The number of methoxy groups -OCH3 is 1. The van der Waals surface area contributed by atoms with Crippen LogP contribution in [0.25, 0.3) is 10.8 Å². The number of hydrogen-bond acceptors (Lipinski definition) is 4. The average Bonchev–Trinajstić information content (AvgIpc) is 2.99. The Balaban J connectivity index is 1.72. The number of nitrogens with one attached hydrogen (secondary N) is 1. The molecule has 0 saturated carbocycles. The first kappa shape index (κ1) is 25.5. The van der Waals surface area contributed by atoms with Gasteiger partial charge in [-0.2, -0.15) is 0 Å². The fourth-order valence-corrected chi connectivity index (χ4v) is 4.88. The van der Waals surface area contributed by atoms with Crippen molar-refractivity contribution >= 4 is 50.3 Å². The number of carbonyl (C=O) groups is 3. The van der Waals surface area contributed by atoms with Crippen LogP contribution >= 0.6 is 15.9 Å². The molecule has 8 nitrogen and oxygen atoms in total. The summed E-state index contributed by atoms with van der Waals surface area (Å²) < 4.78 is 6.62. The highest BCUT2D eigenvalue weighted by atomic mass is 79.9. The number of anilines is 1. The second-order valence-corrected chi connectivity index (χ2v) is 9.75. The largest absolute Gasteiger partial charge is 0.496 e. The van der Waals surface area contributed by atoms with Gasteiger partial charge in [-0.15, -0.1) is 0 Å². The number of aryl methyl sites for hydroxylation is 1. The minimum atomic E-state index is -1.21. The Labute approximate surface area is 218 Å². The van der Waals surface area contributed by atoms with Crippen molar-refractivity contribution < 1.29 is 24.2 Å². The smallest absolute Gasteiger partial charge is 0.407 e. The van der Waals surface area contributed by atoms with Crippen LogP contribution in [0.1, 0.15) is 24.5 Å². The highest BCUT2D eigenvalue weighted by molar-refractivity contribution is 9.10. The summed E-state index contributed by atoms with van der Waals surface area (Å²) >= 11 is 3.52. The van der Waals surface area contributed by atoms with Gasteiger partial charge >= 0.3 is 6.09 Å². The van der Waals surface area contributed by atoms with Crippen LogP contribution in [0.5, 0.6) is 5.75 Å². The predicted molar refractivity (Wildman–Crippen MR) is 141 cm³/mol. The van der Waals surface area contributed by atoms with Crippen molar-refractivity contribution in [1.82, 2.24) is 10.2 Å². The van der Waals surface area contributed by atoms with Crippen LogP contribution in [0.2, 0.25) is 0 Å². The first-order valence-electron chi connectivity index (χ1n) is 11.6. The number of carboxylic acid groups (broad SMARTS) is 1. The summed E-state index contributed by atoms with van der Waals surface area (Å²) in [7, 11) is 2.93. The van der Waals surface area contributed by atoms with Crippen LogP contribution in [0, 0.1) is 0 Å². The fraction of sp³-hybridized carbons (Fsp3) is 0.296. The fourth-order valence-electron chi connectivity index (χ4n) is 4.50. The highest BCUT2D eigenvalue weighted by Gasteiger charge is 2.34. The lowest BCUT2D eigenvalue weighted by molar-refractivity contribution is -0.130. The summed E-state index contributed by atoms with van der Waals surface area (Å²) in [6.45, 7) is 1.74. The van der Waals surface area contributed by atoms with Crippen LogP contribution in [0.4, 0.5) is 10.5 Å². The molecule has 0 unspecified atom stereocenters. The van der Waals surface area contributed by atoms with Gasteiger partial charge in [0.15, 0.2) is 0 Å². The number of rotatable bonds is 6. The molecule has 2 atom stereocenters. The standard InChI is InChI=1S/C27H28BrN3O5/c1-16(30(2)27(34)35)25(32)29-22-12-8-17-6-4-5-7-23(17)31(26(22)33)15-21-20-11-10-19(28)14-18(20)9-13-24(21)36-3/h4-7,9-11,13-14,16,22H,8,12,15H2,1-3H3,(H,29,32)(H,34,35)/t16-,22-/m0/s1. The highest BCUT2D eigenvalue weighted by Crippen LogP contribution is 2.35. The van der Waals surface area contributed by atoms with Gasteiger partial charge in [0, 0.05) is 22.8 Å². The molecule has 2 N–H and O–H groups in total. The number of likely N-dealkylation sites (N-methyl/N-ethyl adjacent to an activating group) is 1.